The van der Waals surface area contributed by atoms with Gasteiger partial charge in [0.1, 0.15) is 10.4 Å². The summed E-state index contributed by atoms with van der Waals surface area (Å²) in [6, 6.07) is 3.83. The van der Waals surface area contributed by atoms with Crippen LogP contribution in [0.2, 0.25) is 0 Å². The third-order valence-corrected chi connectivity index (χ3v) is 1.90. The number of hydrogen-bond acceptors (Lipinski definition) is 2. The van der Waals surface area contributed by atoms with Gasteiger partial charge in [0.05, 0.1) is 6.54 Å². The van der Waals surface area contributed by atoms with Gasteiger partial charge in [-0.2, -0.15) is 0 Å². The largest absolute Gasteiger partial charge is 0.332 e. The van der Waals surface area contributed by atoms with Gasteiger partial charge in [0.2, 0.25) is 0 Å². The number of nitrogens with zero attached hydrogens (tertiary/aromatic N) is 1. The average Bonchev–Trinajstić information content (AvgIpc) is 1.94. The fourth-order valence-electron chi connectivity index (χ4n) is 0.977. The first-order valence-corrected chi connectivity index (χ1v) is 4.17. The van der Waals surface area contributed by atoms with Gasteiger partial charge in [-0.15, -0.1) is 0 Å². The Morgan fingerprint density at radius 2 is 2.33 bits per heavy atom. The SMILES string of the molecule is CC(=O)Cn1ccc(C)cc1=S. The van der Waals surface area contributed by atoms with Gasteiger partial charge in [0, 0.05) is 6.20 Å². The molecule has 3 heteroatoms. The van der Waals surface area contributed by atoms with Crippen LogP contribution < -0.4 is 0 Å². The zero-order chi connectivity index (χ0) is 9.14. The van der Waals surface area contributed by atoms with Crippen LogP contribution >= 0.6 is 12.2 Å². The molecule has 0 saturated carbocycles. The first kappa shape index (κ1) is 9.13. The fourth-order valence-corrected chi connectivity index (χ4v) is 1.29. The van der Waals surface area contributed by atoms with E-state index in [1.54, 1.807) is 11.5 Å². The molecule has 64 valence electrons. The van der Waals surface area contributed by atoms with Crippen molar-refractivity contribution in [1.82, 2.24) is 4.57 Å². The average molecular weight is 181 g/mol. The molecule has 0 fully saturated rings. The maximum Gasteiger partial charge on any atom is 0.149 e. The van der Waals surface area contributed by atoms with Crippen molar-refractivity contribution in [3.63, 3.8) is 0 Å². The van der Waals surface area contributed by atoms with Crippen LogP contribution in [-0.4, -0.2) is 10.4 Å². The topological polar surface area (TPSA) is 22.0 Å². The molecule has 0 aromatic carbocycles. The summed E-state index contributed by atoms with van der Waals surface area (Å²) in [5.74, 6) is 0.120. The van der Waals surface area contributed by atoms with Crippen molar-refractivity contribution in [2.45, 2.75) is 20.4 Å². The molecule has 0 bridgehead atoms. The van der Waals surface area contributed by atoms with Crippen LogP contribution in [0.15, 0.2) is 18.3 Å². The molecule has 0 atom stereocenters. The van der Waals surface area contributed by atoms with E-state index in [2.05, 4.69) is 0 Å². The first-order valence-electron chi connectivity index (χ1n) is 3.76. The molecular formula is C9H11NOS. The highest BCUT2D eigenvalue weighted by Crippen LogP contribution is 1.99. The highest BCUT2D eigenvalue weighted by Gasteiger charge is 1.95. The second-order valence-electron chi connectivity index (χ2n) is 2.87. The number of hydrogen-bond donors (Lipinski definition) is 0. The molecule has 0 saturated heterocycles. The minimum absolute atomic E-state index is 0.120. The molecule has 1 aromatic heterocycles. The summed E-state index contributed by atoms with van der Waals surface area (Å²) in [5.41, 5.74) is 1.12. The van der Waals surface area contributed by atoms with Crippen LogP contribution in [0, 0.1) is 11.6 Å². The van der Waals surface area contributed by atoms with Gasteiger partial charge in [-0.25, -0.2) is 0 Å². The summed E-state index contributed by atoms with van der Waals surface area (Å²) in [6.07, 6.45) is 1.85. The zero-order valence-electron chi connectivity index (χ0n) is 7.20. The third-order valence-electron chi connectivity index (χ3n) is 1.54. The fraction of sp³-hybridized carbons (Fsp3) is 0.333. The highest BCUT2D eigenvalue weighted by atomic mass is 32.1. The Balaban J connectivity index is 3.02. The van der Waals surface area contributed by atoms with E-state index in [4.69, 9.17) is 12.2 Å². The predicted molar refractivity (Wildman–Crippen MR) is 50.7 cm³/mol. The van der Waals surface area contributed by atoms with Gasteiger partial charge >= 0.3 is 0 Å². The Hall–Kier alpha value is -0.960. The lowest BCUT2D eigenvalue weighted by Gasteiger charge is -2.03. The highest BCUT2D eigenvalue weighted by molar-refractivity contribution is 7.71. The van der Waals surface area contributed by atoms with E-state index in [0.717, 1.165) is 5.56 Å². The van der Waals surface area contributed by atoms with E-state index >= 15 is 0 Å². The van der Waals surface area contributed by atoms with Crippen LogP contribution in [0.25, 0.3) is 0 Å². The molecule has 0 aliphatic heterocycles. The lowest BCUT2D eigenvalue weighted by Crippen LogP contribution is -2.07. The van der Waals surface area contributed by atoms with E-state index in [1.165, 1.54) is 0 Å². The number of rotatable bonds is 2. The molecule has 0 N–H and O–H groups in total. The van der Waals surface area contributed by atoms with E-state index < -0.39 is 0 Å². The van der Waals surface area contributed by atoms with E-state index in [-0.39, 0.29) is 5.78 Å². The molecule has 0 spiro atoms. The number of carbonyl (C=O) groups excluding carboxylic acids is 1. The van der Waals surface area contributed by atoms with Crippen LogP contribution in [0.3, 0.4) is 0 Å². The second-order valence-corrected chi connectivity index (χ2v) is 3.29. The minimum atomic E-state index is 0.120. The van der Waals surface area contributed by atoms with E-state index in [0.29, 0.717) is 11.2 Å². The quantitative estimate of drug-likeness (QED) is 0.652. The van der Waals surface area contributed by atoms with Crippen molar-refractivity contribution in [2.75, 3.05) is 0 Å². The lowest BCUT2D eigenvalue weighted by molar-refractivity contribution is -0.117. The number of ketones is 1. The summed E-state index contributed by atoms with van der Waals surface area (Å²) < 4.78 is 2.48. The number of carbonyl (C=O) groups is 1. The third kappa shape index (κ3) is 2.27. The minimum Gasteiger partial charge on any atom is -0.332 e. The molecule has 2 nitrogen and oxygen atoms in total. The normalized spacial score (nSPS) is 9.83. The molecule has 0 aliphatic carbocycles. The molecule has 12 heavy (non-hydrogen) atoms. The number of pyridine rings is 1. The van der Waals surface area contributed by atoms with Gasteiger partial charge in [0.15, 0.2) is 0 Å². The van der Waals surface area contributed by atoms with Crippen LogP contribution in [0.1, 0.15) is 12.5 Å². The van der Waals surface area contributed by atoms with E-state index in [9.17, 15) is 4.79 Å². The van der Waals surface area contributed by atoms with Crippen LogP contribution in [0.5, 0.6) is 0 Å². The smallest absolute Gasteiger partial charge is 0.149 e. The Morgan fingerprint density at radius 3 is 2.83 bits per heavy atom. The number of Topliss-reactive ketones (excluding diaryl/α,β-unsaturated/α-hetero) is 1. The molecule has 0 amide bonds. The van der Waals surface area contributed by atoms with Crippen molar-refractivity contribution in [2.24, 2.45) is 0 Å². The lowest BCUT2D eigenvalue weighted by atomic mass is 10.3. The Labute approximate surface area is 76.8 Å². The molecule has 1 aromatic rings. The molecule has 0 unspecified atom stereocenters. The zero-order valence-corrected chi connectivity index (χ0v) is 8.02. The van der Waals surface area contributed by atoms with Gasteiger partial charge < -0.3 is 4.57 Å². The van der Waals surface area contributed by atoms with Crippen LogP contribution in [-0.2, 0) is 11.3 Å². The summed E-state index contributed by atoms with van der Waals surface area (Å²) >= 11 is 5.07. The molecule has 0 radical (unpaired) electrons. The van der Waals surface area contributed by atoms with Crippen molar-refractivity contribution < 1.29 is 4.79 Å². The molecule has 0 aliphatic rings. The number of aryl methyl sites for hydroxylation is 1. The Bertz CT molecular complexity index is 354. The molecule has 1 heterocycles. The Kier molecular flexibility index (Phi) is 2.76. The Morgan fingerprint density at radius 1 is 1.67 bits per heavy atom. The van der Waals surface area contributed by atoms with E-state index in [1.807, 2.05) is 25.3 Å². The maximum atomic E-state index is 10.8. The second kappa shape index (κ2) is 3.63. The predicted octanol–water partition coefficient (Wildman–Crippen LogP) is 2.12. The van der Waals surface area contributed by atoms with Crippen LogP contribution in [0.4, 0.5) is 0 Å². The summed E-state index contributed by atoms with van der Waals surface area (Å²) in [6.45, 7) is 3.91. The monoisotopic (exact) mass is 181 g/mol. The standard InChI is InChI=1S/C9H11NOS/c1-7-3-4-10(6-8(2)11)9(12)5-7/h3-5H,6H2,1-2H3. The van der Waals surface area contributed by atoms with Gasteiger partial charge in [-0.05, 0) is 31.5 Å². The molecular weight excluding hydrogens is 170 g/mol. The summed E-state index contributed by atoms with van der Waals surface area (Å²) in [7, 11) is 0. The van der Waals surface area contributed by atoms with Crippen molar-refractivity contribution in [3.05, 3.63) is 28.5 Å². The van der Waals surface area contributed by atoms with Crippen molar-refractivity contribution in [3.8, 4) is 0 Å². The van der Waals surface area contributed by atoms with Gasteiger partial charge in [-0.1, -0.05) is 12.2 Å². The maximum absolute atomic E-state index is 10.8. The van der Waals surface area contributed by atoms with Crippen molar-refractivity contribution >= 4 is 18.0 Å². The van der Waals surface area contributed by atoms with Gasteiger partial charge in [0.25, 0.3) is 0 Å². The number of aromatic nitrogens is 1. The molecule has 1 rings (SSSR count). The summed E-state index contributed by atoms with van der Waals surface area (Å²) in [4.78, 5) is 10.8. The first-order chi connectivity index (χ1) is 5.59. The van der Waals surface area contributed by atoms with Gasteiger partial charge in [-0.3, -0.25) is 4.79 Å². The van der Waals surface area contributed by atoms with Crippen molar-refractivity contribution in [1.29, 1.82) is 0 Å². The summed E-state index contributed by atoms with van der Waals surface area (Å²) in [5, 5.41) is 0.